The van der Waals surface area contributed by atoms with Gasteiger partial charge < -0.3 is 10.2 Å². The summed E-state index contributed by atoms with van der Waals surface area (Å²) in [5.74, 6) is -0.861. The average molecular weight is 485 g/mol. The van der Waals surface area contributed by atoms with Gasteiger partial charge in [0, 0.05) is 31.0 Å². The predicted molar refractivity (Wildman–Crippen MR) is 128 cm³/mol. The van der Waals surface area contributed by atoms with Crippen LogP contribution in [0.25, 0.3) is 0 Å². The SMILES string of the molecule is Cc1cccc(N2CC(c3nnc(NC(=O)CCS(=O)(=O)Cc4ccccc4)s3)CC2=O)c1. The van der Waals surface area contributed by atoms with Gasteiger partial charge in [0.15, 0.2) is 9.84 Å². The number of sulfone groups is 1. The van der Waals surface area contributed by atoms with Gasteiger partial charge in [0.2, 0.25) is 16.9 Å². The Hall–Kier alpha value is -3.11. The van der Waals surface area contributed by atoms with Crippen molar-refractivity contribution >= 4 is 43.8 Å². The number of nitrogens with one attached hydrogen (secondary N) is 1. The molecule has 1 aliphatic rings. The summed E-state index contributed by atoms with van der Waals surface area (Å²) in [6.07, 6.45) is 0.168. The summed E-state index contributed by atoms with van der Waals surface area (Å²) in [6, 6.07) is 16.6. The summed E-state index contributed by atoms with van der Waals surface area (Å²) >= 11 is 1.21. The first-order valence-corrected chi connectivity index (χ1v) is 13.2. The van der Waals surface area contributed by atoms with Crippen molar-refractivity contribution in [3.05, 3.63) is 70.7 Å². The third-order valence-electron chi connectivity index (χ3n) is 5.34. The summed E-state index contributed by atoms with van der Waals surface area (Å²) in [5, 5.41) is 11.8. The molecule has 0 bridgehead atoms. The zero-order chi connectivity index (χ0) is 23.4. The van der Waals surface area contributed by atoms with Crippen LogP contribution in [0.4, 0.5) is 10.8 Å². The lowest BCUT2D eigenvalue weighted by atomic mass is 10.1. The third kappa shape index (κ3) is 6.02. The minimum Gasteiger partial charge on any atom is -0.312 e. The van der Waals surface area contributed by atoms with Gasteiger partial charge in [-0.25, -0.2) is 8.42 Å². The number of aromatic nitrogens is 2. The van der Waals surface area contributed by atoms with Gasteiger partial charge in [-0.1, -0.05) is 53.8 Å². The molecule has 1 atom stereocenters. The molecule has 2 heterocycles. The van der Waals surface area contributed by atoms with Crippen LogP contribution >= 0.6 is 11.3 Å². The Morgan fingerprint density at radius 1 is 1.15 bits per heavy atom. The maximum Gasteiger partial charge on any atom is 0.227 e. The molecular weight excluding hydrogens is 460 g/mol. The van der Waals surface area contributed by atoms with Crippen LogP contribution in [0.15, 0.2) is 54.6 Å². The number of rotatable bonds is 8. The molecule has 1 saturated heterocycles. The first kappa shape index (κ1) is 23.1. The van der Waals surface area contributed by atoms with Crippen LogP contribution in [0.2, 0.25) is 0 Å². The molecule has 2 aromatic carbocycles. The van der Waals surface area contributed by atoms with E-state index in [0.717, 1.165) is 11.3 Å². The third-order valence-corrected chi connectivity index (χ3v) is 7.94. The zero-order valence-electron chi connectivity index (χ0n) is 18.1. The lowest BCUT2D eigenvalue weighted by molar-refractivity contribution is -0.117. The summed E-state index contributed by atoms with van der Waals surface area (Å²) in [6.45, 7) is 2.48. The van der Waals surface area contributed by atoms with Gasteiger partial charge in [-0.3, -0.25) is 9.59 Å². The number of benzene rings is 2. The van der Waals surface area contributed by atoms with Crippen LogP contribution in [0.3, 0.4) is 0 Å². The number of aryl methyl sites for hydroxylation is 1. The molecule has 172 valence electrons. The van der Waals surface area contributed by atoms with E-state index >= 15 is 0 Å². The molecule has 1 N–H and O–H groups in total. The standard InChI is InChI=1S/C23H24N4O4S2/c1-16-6-5-9-19(12-16)27-14-18(13-21(27)29)22-25-26-23(32-22)24-20(28)10-11-33(30,31)15-17-7-3-2-4-8-17/h2-9,12,18H,10-11,13-15H2,1H3,(H,24,26,28). The number of anilines is 2. The van der Waals surface area contributed by atoms with E-state index in [1.54, 1.807) is 29.2 Å². The highest BCUT2D eigenvalue weighted by Gasteiger charge is 2.34. The van der Waals surface area contributed by atoms with Crippen molar-refractivity contribution in [1.82, 2.24) is 10.2 Å². The summed E-state index contributed by atoms with van der Waals surface area (Å²) in [7, 11) is -3.41. The van der Waals surface area contributed by atoms with Crippen LogP contribution in [-0.4, -0.2) is 42.7 Å². The lowest BCUT2D eigenvalue weighted by Gasteiger charge is -2.16. The van der Waals surface area contributed by atoms with Crippen LogP contribution < -0.4 is 10.2 Å². The quantitative estimate of drug-likeness (QED) is 0.525. The van der Waals surface area contributed by atoms with Crippen LogP contribution in [0, 0.1) is 6.92 Å². The second-order valence-electron chi connectivity index (χ2n) is 8.07. The van der Waals surface area contributed by atoms with E-state index in [1.807, 2.05) is 37.3 Å². The Kier molecular flexibility index (Phi) is 6.85. The van der Waals surface area contributed by atoms with Gasteiger partial charge in [0.1, 0.15) is 5.01 Å². The van der Waals surface area contributed by atoms with E-state index in [9.17, 15) is 18.0 Å². The van der Waals surface area contributed by atoms with Crippen molar-refractivity contribution in [1.29, 1.82) is 0 Å². The normalized spacial score (nSPS) is 16.2. The molecular formula is C23H24N4O4S2. The minimum atomic E-state index is -3.41. The van der Waals surface area contributed by atoms with E-state index in [-0.39, 0.29) is 29.8 Å². The smallest absolute Gasteiger partial charge is 0.227 e. The van der Waals surface area contributed by atoms with E-state index < -0.39 is 15.7 Å². The highest BCUT2D eigenvalue weighted by molar-refractivity contribution is 7.90. The Morgan fingerprint density at radius 3 is 2.70 bits per heavy atom. The fourth-order valence-corrected chi connectivity index (χ4v) is 5.89. The van der Waals surface area contributed by atoms with Crippen LogP contribution in [-0.2, 0) is 25.2 Å². The second-order valence-corrected chi connectivity index (χ2v) is 11.3. The van der Waals surface area contributed by atoms with Crippen molar-refractivity contribution in [3.63, 3.8) is 0 Å². The van der Waals surface area contributed by atoms with E-state index in [1.165, 1.54) is 11.3 Å². The molecule has 0 spiro atoms. The Morgan fingerprint density at radius 2 is 1.94 bits per heavy atom. The van der Waals surface area contributed by atoms with Gasteiger partial charge in [-0.15, -0.1) is 10.2 Å². The summed E-state index contributed by atoms with van der Waals surface area (Å²) < 4.78 is 24.6. The molecule has 1 aliphatic heterocycles. The predicted octanol–water partition coefficient (Wildman–Crippen LogP) is 3.31. The van der Waals surface area contributed by atoms with Crippen molar-refractivity contribution in [2.75, 3.05) is 22.5 Å². The second kappa shape index (κ2) is 9.80. The summed E-state index contributed by atoms with van der Waals surface area (Å²) in [4.78, 5) is 26.5. The Labute approximate surface area is 196 Å². The molecule has 10 heteroatoms. The number of hydrogen-bond acceptors (Lipinski definition) is 7. The molecule has 0 aliphatic carbocycles. The Bertz CT molecular complexity index is 1260. The number of nitrogens with zero attached hydrogens (tertiary/aromatic N) is 3. The largest absolute Gasteiger partial charge is 0.312 e. The maximum absolute atomic E-state index is 12.5. The molecule has 0 saturated carbocycles. The molecule has 3 aromatic rings. The fourth-order valence-electron chi connectivity index (χ4n) is 3.70. The van der Waals surface area contributed by atoms with Crippen LogP contribution in [0.5, 0.6) is 0 Å². The monoisotopic (exact) mass is 484 g/mol. The lowest BCUT2D eigenvalue weighted by Crippen LogP contribution is -2.24. The van der Waals surface area contributed by atoms with Crippen molar-refractivity contribution in [2.45, 2.75) is 31.4 Å². The zero-order valence-corrected chi connectivity index (χ0v) is 19.7. The van der Waals surface area contributed by atoms with Gasteiger partial charge in [0.05, 0.1) is 11.5 Å². The van der Waals surface area contributed by atoms with E-state index in [2.05, 4.69) is 15.5 Å². The van der Waals surface area contributed by atoms with Crippen molar-refractivity contribution < 1.29 is 18.0 Å². The van der Waals surface area contributed by atoms with Gasteiger partial charge >= 0.3 is 0 Å². The highest BCUT2D eigenvalue weighted by atomic mass is 32.2. The number of carbonyl (C=O) groups is 2. The molecule has 8 nitrogen and oxygen atoms in total. The van der Waals surface area contributed by atoms with E-state index in [0.29, 0.717) is 28.7 Å². The number of amides is 2. The molecule has 1 unspecified atom stereocenters. The fraction of sp³-hybridized carbons (Fsp3) is 0.304. The van der Waals surface area contributed by atoms with Crippen molar-refractivity contribution in [3.8, 4) is 0 Å². The van der Waals surface area contributed by atoms with Crippen LogP contribution in [0.1, 0.15) is 34.9 Å². The Balaban J connectivity index is 1.31. The van der Waals surface area contributed by atoms with Gasteiger partial charge in [-0.05, 0) is 30.2 Å². The molecule has 33 heavy (non-hydrogen) atoms. The molecule has 1 aromatic heterocycles. The van der Waals surface area contributed by atoms with Crippen molar-refractivity contribution in [2.24, 2.45) is 0 Å². The first-order chi connectivity index (χ1) is 15.8. The maximum atomic E-state index is 12.5. The molecule has 0 radical (unpaired) electrons. The number of hydrogen-bond donors (Lipinski definition) is 1. The molecule has 4 rings (SSSR count). The average Bonchev–Trinajstić information content (AvgIpc) is 3.39. The number of carbonyl (C=O) groups excluding carboxylic acids is 2. The molecule has 1 fully saturated rings. The topological polar surface area (TPSA) is 109 Å². The highest BCUT2D eigenvalue weighted by Crippen LogP contribution is 2.34. The first-order valence-electron chi connectivity index (χ1n) is 10.5. The minimum absolute atomic E-state index is 0.0232. The van der Waals surface area contributed by atoms with Gasteiger partial charge in [-0.2, -0.15) is 0 Å². The van der Waals surface area contributed by atoms with E-state index in [4.69, 9.17) is 0 Å². The summed E-state index contributed by atoms with van der Waals surface area (Å²) in [5.41, 5.74) is 2.63. The van der Waals surface area contributed by atoms with Gasteiger partial charge in [0.25, 0.3) is 0 Å². The molecule has 2 amide bonds.